The minimum atomic E-state index is -0.567. The minimum Gasteiger partial charge on any atom is -0.395 e. The first kappa shape index (κ1) is 13.1. The van der Waals surface area contributed by atoms with Crippen LogP contribution in [0.25, 0.3) is 0 Å². The molecule has 0 fully saturated rings. The predicted octanol–water partition coefficient (Wildman–Crippen LogP) is 2.17. The SMILES string of the molecule is CC(C)N(CCO)Cc1cc(F)cc(F)c1. The van der Waals surface area contributed by atoms with E-state index in [0.717, 1.165) is 6.07 Å². The predicted molar refractivity (Wildman–Crippen MR) is 59.0 cm³/mol. The van der Waals surface area contributed by atoms with Gasteiger partial charge in [-0.1, -0.05) is 0 Å². The Morgan fingerprint density at radius 2 is 1.75 bits per heavy atom. The second-order valence-corrected chi connectivity index (χ2v) is 4.07. The third-order valence-corrected chi connectivity index (χ3v) is 2.43. The van der Waals surface area contributed by atoms with E-state index in [1.165, 1.54) is 12.1 Å². The monoisotopic (exact) mass is 229 g/mol. The molecule has 0 saturated heterocycles. The van der Waals surface area contributed by atoms with Gasteiger partial charge < -0.3 is 5.11 Å². The fraction of sp³-hybridized carbons (Fsp3) is 0.500. The lowest BCUT2D eigenvalue weighted by molar-refractivity contribution is 0.159. The molecule has 1 aromatic rings. The summed E-state index contributed by atoms with van der Waals surface area (Å²) in [7, 11) is 0. The number of hydrogen-bond acceptors (Lipinski definition) is 2. The molecule has 0 aromatic heterocycles. The number of hydrogen-bond donors (Lipinski definition) is 1. The zero-order valence-electron chi connectivity index (χ0n) is 9.58. The number of nitrogens with zero attached hydrogens (tertiary/aromatic N) is 1. The highest BCUT2D eigenvalue weighted by Crippen LogP contribution is 2.12. The lowest BCUT2D eigenvalue weighted by Crippen LogP contribution is -2.32. The summed E-state index contributed by atoms with van der Waals surface area (Å²) >= 11 is 0. The number of aliphatic hydroxyl groups is 1. The van der Waals surface area contributed by atoms with Crippen LogP contribution in [-0.4, -0.2) is 29.2 Å². The fourth-order valence-corrected chi connectivity index (χ4v) is 1.59. The van der Waals surface area contributed by atoms with E-state index < -0.39 is 11.6 Å². The van der Waals surface area contributed by atoms with Gasteiger partial charge in [0.1, 0.15) is 11.6 Å². The van der Waals surface area contributed by atoms with Crippen LogP contribution >= 0.6 is 0 Å². The number of rotatable bonds is 5. The van der Waals surface area contributed by atoms with Gasteiger partial charge in [-0.25, -0.2) is 8.78 Å². The zero-order valence-corrected chi connectivity index (χ0v) is 9.58. The highest BCUT2D eigenvalue weighted by atomic mass is 19.1. The standard InChI is InChI=1S/C12H17F2NO/c1-9(2)15(3-4-16)8-10-5-11(13)7-12(14)6-10/h5-7,9,16H,3-4,8H2,1-2H3. The summed E-state index contributed by atoms with van der Waals surface area (Å²) in [5.41, 5.74) is 0.583. The van der Waals surface area contributed by atoms with E-state index in [1.54, 1.807) is 0 Å². The number of halogens is 2. The first-order chi connectivity index (χ1) is 7.52. The summed E-state index contributed by atoms with van der Waals surface area (Å²) in [6.45, 7) is 4.93. The maximum Gasteiger partial charge on any atom is 0.126 e. The van der Waals surface area contributed by atoms with Crippen molar-refractivity contribution in [1.82, 2.24) is 4.90 Å². The van der Waals surface area contributed by atoms with Crippen LogP contribution < -0.4 is 0 Å². The fourth-order valence-electron chi connectivity index (χ4n) is 1.59. The Labute approximate surface area is 94.5 Å². The molecule has 4 heteroatoms. The quantitative estimate of drug-likeness (QED) is 0.836. The molecule has 0 heterocycles. The minimum absolute atomic E-state index is 0.0377. The Balaban J connectivity index is 2.76. The second-order valence-electron chi connectivity index (χ2n) is 4.07. The molecule has 0 aliphatic heterocycles. The Morgan fingerprint density at radius 1 is 1.19 bits per heavy atom. The highest BCUT2D eigenvalue weighted by Gasteiger charge is 2.10. The summed E-state index contributed by atoms with van der Waals surface area (Å²) in [4.78, 5) is 1.95. The van der Waals surface area contributed by atoms with Gasteiger partial charge in [0.05, 0.1) is 6.61 Å². The van der Waals surface area contributed by atoms with Gasteiger partial charge in [-0.05, 0) is 31.5 Å². The van der Waals surface area contributed by atoms with E-state index in [4.69, 9.17) is 5.11 Å². The molecule has 2 nitrogen and oxygen atoms in total. The van der Waals surface area contributed by atoms with Crippen LogP contribution in [0.15, 0.2) is 18.2 Å². The van der Waals surface area contributed by atoms with Crippen molar-refractivity contribution in [2.24, 2.45) is 0 Å². The number of benzene rings is 1. The average Bonchev–Trinajstić information content (AvgIpc) is 2.15. The van der Waals surface area contributed by atoms with Crippen molar-refractivity contribution in [2.75, 3.05) is 13.2 Å². The third kappa shape index (κ3) is 3.87. The van der Waals surface area contributed by atoms with Gasteiger partial charge in [0, 0.05) is 25.2 Å². The molecule has 90 valence electrons. The van der Waals surface area contributed by atoms with Crippen LogP contribution in [0.4, 0.5) is 8.78 Å². The Hall–Kier alpha value is -1.00. The zero-order chi connectivity index (χ0) is 12.1. The molecule has 0 aliphatic carbocycles. The van der Waals surface area contributed by atoms with Crippen LogP contribution in [0.2, 0.25) is 0 Å². The van der Waals surface area contributed by atoms with E-state index in [1.807, 2.05) is 18.7 Å². The third-order valence-electron chi connectivity index (χ3n) is 2.43. The number of aliphatic hydroxyl groups excluding tert-OH is 1. The molecule has 1 aromatic carbocycles. The van der Waals surface area contributed by atoms with Gasteiger partial charge in [-0.3, -0.25) is 4.90 Å². The topological polar surface area (TPSA) is 23.5 Å². The van der Waals surface area contributed by atoms with E-state index in [2.05, 4.69) is 0 Å². The van der Waals surface area contributed by atoms with Gasteiger partial charge in [0.2, 0.25) is 0 Å². The first-order valence-electron chi connectivity index (χ1n) is 5.33. The summed E-state index contributed by atoms with van der Waals surface area (Å²) < 4.78 is 25.9. The first-order valence-corrected chi connectivity index (χ1v) is 5.33. The highest BCUT2D eigenvalue weighted by molar-refractivity contribution is 5.17. The van der Waals surface area contributed by atoms with Crippen LogP contribution in [-0.2, 0) is 6.54 Å². The van der Waals surface area contributed by atoms with Crippen LogP contribution in [0.3, 0.4) is 0 Å². The summed E-state index contributed by atoms with van der Waals surface area (Å²) in [6.07, 6.45) is 0. The second kappa shape index (κ2) is 5.92. The van der Waals surface area contributed by atoms with Crippen LogP contribution in [0.1, 0.15) is 19.4 Å². The molecule has 0 unspecified atom stereocenters. The maximum absolute atomic E-state index is 13.0. The van der Waals surface area contributed by atoms with Crippen LogP contribution in [0.5, 0.6) is 0 Å². The van der Waals surface area contributed by atoms with Crippen molar-refractivity contribution >= 4 is 0 Å². The van der Waals surface area contributed by atoms with Crippen molar-refractivity contribution in [1.29, 1.82) is 0 Å². The summed E-state index contributed by atoms with van der Waals surface area (Å²) in [5.74, 6) is -1.13. The van der Waals surface area contributed by atoms with Crippen molar-refractivity contribution in [2.45, 2.75) is 26.4 Å². The Morgan fingerprint density at radius 3 is 2.19 bits per heavy atom. The van der Waals surface area contributed by atoms with Gasteiger partial charge in [0.15, 0.2) is 0 Å². The lowest BCUT2D eigenvalue weighted by atomic mass is 10.2. The summed E-state index contributed by atoms with van der Waals surface area (Å²) in [5, 5.41) is 8.88. The van der Waals surface area contributed by atoms with E-state index in [0.29, 0.717) is 18.7 Å². The van der Waals surface area contributed by atoms with Gasteiger partial charge in [-0.15, -0.1) is 0 Å². The molecular weight excluding hydrogens is 212 g/mol. The molecule has 1 rings (SSSR count). The molecule has 1 N–H and O–H groups in total. The van der Waals surface area contributed by atoms with E-state index >= 15 is 0 Å². The van der Waals surface area contributed by atoms with E-state index in [9.17, 15) is 8.78 Å². The van der Waals surface area contributed by atoms with Gasteiger partial charge in [-0.2, -0.15) is 0 Å². The molecule has 0 aliphatic rings. The van der Waals surface area contributed by atoms with Gasteiger partial charge in [0.25, 0.3) is 0 Å². The maximum atomic E-state index is 13.0. The average molecular weight is 229 g/mol. The lowest BCUT2D eigenvalue weighted by Gasteiger charge is -2.25. The van der Waals surface area contributed by atoms with Crippen molar-refractivity contribution in [3.8, 4) is 0 Å². The van der Waals surface area contributed by atoms with Crippen molar-refractivity contribution in [3.63, 3.8) is 0 Å². The molecule has 0 atom stereocenters. The Bertz CT molecular complexity index is 322. The van der Waals surface area contributed by atoms with Crippen molar-refractivity contribution < 1.29 is 13.9 Å². The molecule has 0 amide bonds. The molecule has 0 bridgehead atoms. The molecule has 0 spiro atoms. The molecule has 0 radical (unpaired) electrons. The van der Waals surface area contributed by atoms with Gasteiger partial charge >= 0.3 is 0 Å². The smallest absolute Gasteiger partial charge is 0.126 e. The van der Waals surface area contributed by atoms with E-state index in [-0.39, 0.29) is 12.6 Å². The largest absolute Gasteiger partial charge is 0.395 e. The normalized spacial score (nSPS) is 11.4. The molecule has 16 heavy (non-hydrogen) atoms. The molecule has 0 saturated carbocycles. The summed E-state index contributed by atoms with van der Waals surface area (Å²) in [6, 6.07) is 3.71. The van der Waals surface area contributed by atoms with Crippen molar-refractivity contribution in [3.05, 3.63) is 35.4 Å². The van der Waals surface area contributed by atoms with Crippen LogP contribution in [0, 0.1) is 11.6 Å². The Kier molecular flexibility index (Phi) is 4.83. The molecular formula is C12H17F2NO.